The number of nitrogens with zero attached hydrogens (tertiary/aromatic N) is 1. The average molecular weight is 314 g/mol. The van der Waals surface area contributed by atoms with Crippen LogP contribution in [-0.2, 0) is 14.2 Å². The van der Waals surface area contributed by atoms with Gasteiger partial charge in [0.05, 0.1) is 18.9 Å². The third kappa shape index (κ3) is 2.65. The predicted octanol–water partition coefficient (Wildman–Crippen LogP) is 2.40. The van der Waals surface area contributed by atoms with Gasteiger partial charge in [-0.3, -0.25) is 5.32 Å². The fraction of sp³-hybridized carbons (Fsp3) is 0.353. The van der Waals surface area contributed by atoms with Crippen LogP contribution in [0.25, 0.3) is 10.8 Å². The molecule has 1 amide bonds. The summed E-state index contributed by atoms with van der Waals surface area (Å²) in [5, 5.41) is 4.88. The van der Waals surface area contributed by atoms with Crippen molar-refractivity contribution in [2.45, 2.75) is 5.54 Å². The van der Waals surface area contributed by atoms with E-state index in [1.165, 1.54) is 0 Å². The molecule has 4 rings (SSSR count). The standard InChI is InChI=1S/C17H18N2O4/c20-16(23-10-17-8-21-11-19(17)12-22-9-17)18-15-7-3-5-13-4-1-2-6-14(13)15/h1-7H,8-12H2,(H,18,20). The fourth-order valence-electron chi connectivity index (χ4n) is 3.08. The van der Waals surface area contributed by atoms with E-state index in [2.05, 4.69) is 10.2 Å². The van der Waals surface area contributed by atoms with E-state index in [1.54, 1.807) is 0 Å². The Labute approximate surface area is 133 Å². The number of fused-ring (bicyclic) bond motifs is 2. The molecule has 2 saturated heterocycles. The largest absolute Gasteiger partial charge is 0.447 e. The molecule has 2 aromatic carbocycles. The Morgan fingerprint density at radius 1 is 1.13 bits per heavy atom. The molecule has 1 N–H and O–H groups in total. The van der Waals surface area contributed by atoms with Gasteiger partial charge < -0.3 is 14.2 Å². The topological polar surface area (TPSA) is 60.0 Å². The zero-order chi connectivity index (χ0) is 15.7. The van der Waals surface area contributed by atoms with Crippen molar-refractivity contribution in [1.29, 1.82) is 0 Å². The van der Waals surface area contributed by atoms with Crippen molar-refractivity contribution >= 4 is 22.6 Å². The summed E-state index contributed by atoms with van der Waals surface area (Å²) in [5.74, 6) is 0. The molecule has 2 aliphatic heterocycles. The minimum Gasteiger partial charge on any atom is -0.447 e. The van der Waals surface area contributed by atoms with Crippen LogP contribution in [0.1, 0.15) is 0 Å². The van der Waals surface area contributed by atoms with E-state index in [4.69, 9.17) is 14.2 Å². The minimum absolute atomic E-state index is 0.254. The molecule has 0 aliphatic carbocycles. The smallest absolute Gasteiger partial charge is 0.411 e. The first-order valence-electron chi connectivity index (χ1n) is 7.59. The summed E-state index contributed by atoms with van der Waals surface area (Å²) in [5.41, 5.74) is 0.406. The van der Waals surface area contributed by atoms with Crippen LogP contribution in [0, 0.1) is 0 Å². The molecule has 0 saturated carbocycles. The van der Waals surface area contributed by atoms with E-state index in [9.17, 15) is 4.79 Å². The maximum Gasteiger partial charge on any atom is 0.411 e. The number of hydrogen-bond acceptors (Lipinski definition) is 5. The van der Waals surface area contributed by atoms with Gasteiger partial charge in [0.15, 0.2) is 0 Å². The first-order valence-corrected chi connectivity index (χ1v) is 7.59. The van der Waals surface area contributed by atoms with Gasteiger partial charge in [0.25, 0.3) is 0 Å². The number of nitrogens with one attached hydrogen (secondary N) is 1. The van der Waals surface area contributed by atoms with Gasteiger partial charge in [-0.1, -0.05) is 36.4 Å². The maximum absolute atomic E-state index is 12.2. The van der Waals surface area contributed by atoms with Crippen LogP contribution in [0.2, 0.25) is 0 Å². The van der Waals surface area contributed by atoms with Crippen molar-refractivity contribution in [2.75, 3.05) is 38.6 Å². The monoisotopic (exact) mass is 314 g/mol. The van der Waals surface area contributed by atoms with E-state index < -0.39 is 6.09 Å². The van der Waals surface area contributed by atoms with Crippen LogP contribution < -0.4 is 5.32 Å². The van der Waals surface area contributed by atoms with E-state index >= 15 is 0 Å². The molecular weight excluding hydrogens is 296 g/mol. The number of hydrogen-bond donors (Lipinski definition) is 1. The van der Waals surface area contributed by atoms with Crippen LogP contribution in [0.5, 0.6) is 0 Å². The molecule has 0 spiro atoms. The van der Waals surface area contributed by atoms with Gasteiger partial charge in [-0.25, -0.2) is 9.69 Å². The van der Waals surface area contributed by atoms with Gasteiger partial charge >= 0.3 is 6.09 Å². The summed E-state index contributed by atoms with van der Waals surface area (Å²) in [6.07, 6.45) is -0.463. The minimum atomic E-state index is -0.463. The van der Waals surface area contributed by atoms with Crippen molar-refractivity contribution in [3.8, 4) is 0 Å². The number of amides is 1. The molecule has 2 fully saturated rings. The molecule has 0 unspecified atom stereocenters. The highest BCUT2D eigenvalue weighted by Gasteiger charge is 2.47. The summed E-state index contributed by atoms with van der Waals surface area (Å²) >= 11 is 0. The molecule has 6 nitrogen and oxygen atoms in total. The van der Waals surface area contributed by atoms with Gasteiger partial charge in [-0.05, 0) is 11.5 Å². The first kappa shape index (κ1) is 14.4. The summed E-state index contributed by atoms with van der Waals surface area (Å²) in [6, 6.07) is 13.7. The Bertz CT molecular complexity index is 718. The first-order chi connectivity index (χ1) is 11.3. The van der Waals surface area contributed by atoms with Gasteiger partial charge in [0.1, 0.15) is 25.6 Å². The Balaban J connectivity index is 1.44. The number of carbonyl (C=O) groups is 1. The van der Waals surface area contributed by atoms with E-state index in [-0.39, 0.29) is 12.1 Å². The zero-order valence-corrected chi connectivity index (χ0v) is 12.7. The molecule has 0 atom stereocenters. The van der Waals surface area contributed by atoms with Crippen molar-refractivity contribution < 1.29 is 19.0 Å². The second kappa shape index (κ2) is 5.81. The van der Waals surface area contributed by atoms with Crippen LogP contribution in [0.3, 0.4) is 0 Å². The third-order valence-electron chi connectivity index (χ3n) is 4.40. The lowest BCUT2D eigenvalue weighted by Gasteiger charge is -2.26. The molecule has 0 radical (unpaired) electrons. The highest BCUT2D eigenvalue weighted by atomic mass is 16.6. The van der Waals surface area contributed by atoms with Gasteiger partial charge in [0.2, 0.25) is 0 Å². The Morgan fingerprint density at radius 2 is 1.87 bits per heavy atom. The predicted molar refractivity (Wildman–Crippen MR) is 85.1 cm³/mol. The SMILES string of the molecule is O=C(Nc1cccc2ccccc12)OCC12COCN1COC2. The van der Waals surface area contributed by atoms with Gasteiger partial charge in [0, 0.05) is 5.39 Å². The number of ether oxygens (including phenoxy) is 3. The zero-order valence-electron chi connectivity index (χ0n) is 12.7. The number of benzene rings is 2. The molecule has 120 valence electrons. The molecule has 2 aromatic rings. The second-order valence-corrected chi connectivity index (χ2v) is 5.95. The molecule has 23 heavy (non-hydrogen) atoms. The van der Waals surface area contributed by atoms with E-state index in [0.29, 0.717) is 26.7 Å². The van der Waals surface area contributed by atoms with Crippen molar-refractivity contribution in [3.05, 3.63) is 42.5 Å². The lowest BCUT2D eigenvalue weighted by atomic mass is 10.0. The molecule has 2 aliphatic rings. The Hall–Kier alpha value is -2.15. The molecular formula is C17H18N2O4. The normalized spacial score (nSPS) is 19.7. The fourth-order valence-corrected chi connectivity index (χ4v) is 3.08. The molecule has 2 heterocycles. The second-order valence-electron chi connectivity index (χ2n) is 5.95. The lowest BCUT2D eigenvalue weighted by molar-refractivity contribution is 0.0690. The van der Waals surface area contributed by atoms with Crippen LogP contribution in [0.4, 0.5) is 10.5 Å². The average Bonchev–Trinajstić information content (AvgIpc) is 3.13. The Kier molecular flexibility index (Phi) is 3.65. The lowest BCUT2D eigenvalue weighted by Crippen LogP contribution is -2.48. The number of anilines is 1. The van der Waals surface area contributed by atoms with Gasteiger partial charge in [-0.15, -0.1) is 0 Å². The summed E-state index contributed by atoms with van der Waals surface area (Å²) < 4.78 is 16.3. The van der Waals surface area contributed by atoms with Gasteiger partial charge in [-0.2, -0.15) is 0 Å². The Morgan fingerprint density at radius 3 is 2.70 bits per heavy atom. The van der Waals surface area contributed by atoms with Crippen LogP contribution in [0.15, 0.2) is 42.5 Å². The van der Waals surface area contributed by atoms with E-state index in [0.717, 1.165) is 16.5 Å². The van der Waals surface area contributed by atoms with E-state index in [1.807, 2.05) is 42.5 Å². The number of rotatable bonds is 3. The highest BCUT2D eigenvalue weighted by Crippen LogP contribution is 2.29. The number of carbonyl (C=O) groups excluding carboxylic acids is 1. The maximum atomic E-state index is 12.2. The van der Waals surface area contributed by atoms with Crippen LogP contribution in [-0.4, -0.2) is 49.8 Å². The van der Waals surface area contributed by atoms with Crippen molar-refractivity contribution in [2.24, 2.45) is 0 Å². The summed E-state index contributed by atoms with van der Waals surface area (Å²) in [6.45, 7) is 2.34. The van der Waals surface area contributed by atoms with Crippen molar-refractivity contribution in [3.63, 3.8) is 0 Å². The third-order valence-corrected chi connectivity index (χ3v) is 4.40. The van der Waals surface area contributed by atoms with Crippen LogP contribution >= 0.6 is 0 Å². The molecule has 6 heteroatoms. The highest BCUT2D eigenvalue weighted by molar-refractivity contribution is 6.00. The van der Waals surface area contributed by atoms with Crippen molar-refractivity contribution in [1.82, 2.24) is 4.90 Å². The molecule has 0 bridgehead atoms. The summed E-state index contributed by atoms with van der Waals surface area (Å²) in [7, 11) is 0. The molecule has 0 aromatic heterocycles. The summed E-state index contributed by atoms with van der Waals surface area (Å²) in [4.78, 5) is 14.2. The quantitative estimate of drug-likeness (QED) is 0.943.